The molecule has 0 saturated carbocycles. The molecule has 1 aromatic rings. The fraction of sp³-hybridized carbons (Fsp3) is 0.417. The molecule has 0 spiro atoms. The van der Waals surface area contributed by atoms with E-state index in [0.717, 1.165) is 24.2 Å². The zero-order chi connectivity index (χ0) is 11.4. The summed E-state index contributed by atoms with van der Waals surface area (Å²) in [7, 11) is 1.65. The lowest BCUT2D eigenvalue weighted by Crippen LogP contribution is -2.42. The SMILES string of the molecule is COc1cccc(C[C@@H]2CCOC(=O)N2)c1. The number of nitrogens with one attached hydrogen (secondary N) is 1. The molecule has 1 aromatic carbocycles. The summed E-state index contributed by atoms with van der Waals surface area (Å²) in [5, 5.41) is 2.80. The summed E-state index contributed by atoms with van der Waals surface area (Å²) in [5.74, 6) is 0.843. The third-order valence-corrected chi connectivity index (χ3v) is 2.64. The first-order valence-corrected chi connectivity index (χ1v) is 5.34. The molecule has 0 unspecified atom stereocenters. The van der Waals surface area contributed by atoms with Gasteiger partial charge in [0.15, 0.2) is 0 Å². The first-order valence-electron chi connectivity index (χ1n) is 5.34. The van der Waals surface area contributed by atoms with Crippen LogP contribution in [0.25, 0.3) is 0 Å². The second kappa shape index (κ2) is 4.88. The average Bonchev–Trinajstić information content (AvgIpc) is 2.29. The molecule has 1 fully saturated rings. The van der Waals surface area contributed by atoms with Gasteiger partial charge in [-0.2, -0.15) is 0 Å². The van der Waals surface area contributed by atoms with Crippen LogP contribution in [0.15, 0.2) is 24.3 Å². The molecule has 4 nitrogen and oxygen atoms in total. The van der Waals surface area contributed by atoms with Crippen LogP contribution in [0.3, 0.4) is 0 Å². The minimum absolute atomic E-state index is 0.161. The Labute approximate surface area is 94.6 Å². The van der Waals surface area contributed by atoms with Crippen molar-refractivity contribution in [2.24, 2.45) is 0 Å². The highest BCUT2D eigenvalue weighted by molar-refractivity contribution is 5.68. The van der Waals surface area contributed by atoms with E-state index < -0.39 is 0 Å². The van der Waals surface area contributed by atoms with E-state index in [1.807, 2.05) is 24.3 Å². The van der Waals surface area contributed by atoms with Crippen LogP contribution in [0.2, 0.25) is 0 Å². The quantitative estimate of drug-likeness (QED) is 0.845. The maximum absolute atomic E-state index is 11.0. The normalized spacial score (nSPS) is 19.8. The first-order chi connectivity index (χ1) is 7.78. The lowest BCUT2D eigenvalue weighted by Gasteiger charge is -2.23. The standard InChI is InChI=1S/C12H15NO3/c1-15-11-4-2-3-9(8-11)7-10-5-6-16-12(14)13-10/h2-4,8,10H,5-7H2,1H3,(H,13,14)/t10-/m0/s1. The highest BCUT2D eigenvalue weighted by atomic mass is 16.5. The van der Waals surface area contributed by atoms with Gasteiger partial charge in [-0.05, 0) is 24.1 Å². The summed E-state index contributed by atoms with van der Waals surface area (Å²) in [6.07, 6.45) is 1.34. The average molecular weight is 221 g/mol. The molecule has 2 rings (SSSR count). The van der Waals surface area contributed by atoms with E-state index in [1.165, 1.54) is 0 Å². The van der Waals surface area contributed by atoms with Crippen molar-refractivity contribution < 1.29 is 14.3 Å². The minimum Gasteiger partial charge on any atom is -0.497 e. The Kier molecular flexibility index (Phi) is 3.29. The van der Waals surface area contributed by atoms with Crippen LogP contribution in [0.4, 0.5) is 4.79 Å². The molecule has 1 atom stereocenters. The number of benzene rings is 1. The van der Waals surface area contributed by atoms with E-state index in [0.29, 0.717) is 6.61 Å². The van der Waals surface area contributed by atoms with Crippen LogP contribution in [0.5, 0.6) is 5.75 Å². The Morgan fingerprint density at radius 1 is 1.56 bits per heavy atom. The molecular formula is C12H15NO3. The Morgan fingerprint density at radius 2 is 2.44 bits per heavy atom. The minimum atomic E-state index is -0.320. The van der Waals surface area contributed by atoms with Crippen molar-refractivity contribution in [3.8, 4) is 5.75 Å². The van der Waals surface area contributed by atoms with Gasteiger partial charge in [0.05, 0.1) is 13.7 Å². The number of carbonyl (C=O) groups is 1. The number of ether oxygens (including phenoxy) is 2. The highest BCUT2D eigenvalue weighted by Crippen LogP contribution is 2.15. The monoisotopic (exact) mass is 221 g/mol. The molecule has 1 aliphatic rings. The molecule has 1 N–H and O–H groups in total. The highest BCUT2D eigenvalue weighted by Gasteiger charge is 2.19. The van der Waals surface area contributed by atoms with Crippen molar-refractivity contribution in [2.75, 3.05) is 13.7 Å². The van der Waals surface area contributed by atoms with Crippen molar-refractivity contribution in [3.05, 3.63) is 29.8 Å². The number of carbonyl (C=O) groups excluding carboxylic acids is 1. The van der Waals surface area contributed by atoms with Gasteiger partial charge in [0.1, 0.15) is 5.75 Å². The predicted octanol–water partition coefficient (Wildman–Crippen LogP) is 1.74. The van der Waals surface area contributed by atoms with Gasteiger partial charge in [0.2, 0.25) is 0 Å². The third-order valence-electron chi connectivity index (χ3n) is 2.64. The molecule has 0 radical (unpaired) electrons. The van der Waals surface area contributed by atoms with Crippen LogP contribution in [-0.4, -0.2) is 25.9 Å². The third kappa shape index (κ3) is 2.66. The number of cyclic esters (lactones) is 1. The van der Waals surface area contributed by atoms with Gasteiger partial charge >= 0.3 is 6.09 Å². The Balaban J connectivity index is 1.99. The summed E-state index contributed by atoms with van der Waals surface area (Å²) < 4.78 is 9.97. The summed E-state index contributed by atoms with van der Waals surface area (Å²) in [6.45, 7) is 0.500. The van der Waals surface area contributed by atoms with Gasteiger partial charge in [-0.1, -0.05) is 12.1 Å². The Morgan fingerprint density at radius 3 is 3.19 bits per heavy atom. The van der Waals surface area contributed by atoms with Crippen molar-refractivity contribution in [1.82, 2.24) is 5.32 Å². The van der Waals surface area contributed by atoms with E-state index in [-0.39, 0.29) is 12.1 Å². The number of amides is 1. The summed E-state index contributed by atoms with van der Waals surface area (Å²) >= 11 is 0. The van der Waals surface area contributed by atoms with Crippen LogP contribution in [-0.2, 0) is 11.2 Å². The number of hydrogen-bond acceptors (Lipinski definition) is 3. The lowest BCUT2D eigenvalue weighted by atomic mass is 10.0. The molecule has 1 amide bonds. The molecule has 1 saturated heterocycles. The number of methoxy groups -OCH3 is 1. The van der Waals surface area contributed by atoms with Crippen molar-refractivity contribution in [3.63, 3.8) is 0 Å². The van der Waals surface area contributed by atoms with Gasteiger partial charge in [0, 0.05) is 12.5 Å². The predicted molar refractivity (Wildman–Crippen MR) is 59.6 cm³/mol. The molecular weight excluding hydrogens is 206 g/mol. The number of hydrogen-bond donors (Lipinski definition) is 1. The van der Waals surface area contributed by atoms with E-state index in [9.17, 15) is 4.79 Å². The molecule has 16 heavy (non-hydrogen) atoms. The molecule has 1 heterocycles. The molecule has 0 aromatic heterocycles. The van der Waals surface area contributed by atoms with Gasteiger partial charge < -0.3 is 14.8 Å². The second-order valence-corrected chi connectivity index (χ2v) is 3.82. The summed E-state index contributed by atoms with van der Waals surface area (Å²) in [5.41, 5.74) is 1.16. The number of alkyl carbamates (subject to hydrolysis) is 1. The van der Waals surface area contributed by atoms with Gasteiger partial charge in [0.25, 0.3) is 0 Å². The van der Waals surface area contributed by atoms with Gasteiger partial charge in [-0.15, -0.1) is 0 Å². The van der Waals surface area contributed by atoms with E-state index in [4.69, 9.17) is 9.47 Å². The maximum atomic E-state index is 11.0. The molecule has 4 heteroatoms. The van der Waals surface area contributed by atoms with Crippen LogP contribution >= 0.6 is 0 Å². The van der Waals surface area contributed by atoms with E-state index >= 15 is 0 Å². The Hall–Kier alpha value is -1.71. The van der Waals surface area contributed by atoms with Gasteiger partial charge in [-0.3, -0.25) is 0 Å². The lowest BCUT2D eigenvalue weighted by molar-refractivity contribution is 0.115. The molecule has 1 aliphatic heterocycles. The van der Waals surface area contributed by atoms with Crippen molar-refractivity contribution in [2.45, 2.75) is 18.9 Å². The largest absolute Gasteiger partial charge is 0.497 e. The maximum Gasteiger partial charge on any atom is 0.407 e. The topological polar surface area (TPSA) is 47.6 Å². The van der Waals surface area contributed by atoms with E-state index in [2.05, 4.69) is 5.32 Å². The van der Waals surface area contributed by atoms with Crippen LogP contribution < -0.4 is 10.1 Å². The zero-order valence-electron chi connectivity index (χ0n) is 9.23. The molecule has 0 aliphatic carbocycles. The van der Waals surface area contributed by atoms with Crippen molar-refractivity contribution in [1.29, 1.82) is 0 Å². The molecule has 86 valence electrons. The summed E-state index contributed by atoms with van der Waals surface area (Å²) in [6, 6.07) is 8.04. The van der Waals surface area contributed by atoms with Crippen molar-refractivity contribution >= 4 is 6.09 Å². The van der Waals surface area contributed by atoms with E-state index in [1.54, 1.807) is 7.11 Å². The smallest absolute Gasteiger partial charge is 0.407 e. The fourth-order valence-electron chi connectivity index (χ4n) is 1.81. The molecule has 0 bridgehead atoms. The fourth-order valence-corrected chi connectivity index (χ4v) is 1.81. The first kappa shape index (κ1) is 10.8. The number of rotatable bonds is 3. The summed E-state index contributed by atoms with van der Waals surface area (Å²) in [4.78, 5) is 11.0. The Bertz CT molecular complexity index is 378. The second-order valence-electron chi connectivity index (χ2n) is 3.82. The van der Waals surface area contributed by atoms with Crippen LogP contribution in [0.1, 0.15) is 12.0 Å². The van der Waals surface area contributed by atoms with Crippen LogP contribution in [0, 0.1) is 0 Å². The zero-order valence-corrected chi connectivity index (χ0v) is 9.23. The van der Waals surface area contributed by atoms with Gasteiger partial charge in [-0.25, -0.2) is 4.79 Å².